The Kier molecular flexibility index (Phi) is 3.42. The predicted molar refractivity (Wildman–Crippen MR) is 55.0 cm³/mol. The van der Waals surface area contributed by atoms with Gasteiger partial charge in [0.05, 0.1) is 12.2 Å². The molecule has 14 heavy (non-hydrogen) atoms. The third-order valence-corrected chi connectivity index (χ3v) is 3.60. The Bertz CT molecular complexity index is 172. The van der Waals surface area contributed by atoms with E-state index < -0.39 is 0 Å². The Morgan fingerprint density at radius 3 is 2.14 bits per heavy atom. The lowest BCUT2D eigenvalue weighted by Crippen LogP contribution is -2.42. The highest BCUT2D eigenvalue weighted by Gasteiger charge is 2.28. The van der Waals surface area contributed by atoms with Gasteiger partial charge >= 0.3 is 0 Å². The van der Waals surface area contributed by atoms with Crippen molar-refractivity contribution in [3.8, 4) is 0 Å². The molecule has 0 aromatic carbocycles. The summed E-state index contributed by atoms with van der Waals surface area (Å²) in [7, 11) is 0. The van der Waals surface area contributed by atoms with E-state index in [1.54, 1.807) is 0 Å². The molecule has 3 N–H and O–H groups in total. The molecule has 0 unspecified atom stereocenters. The van der Waals surface area contributed by atoms with E-state index in [1.807, 2.05) is 0 Å². The van der Waals surface area contributed by atoms with Gasteiger partial charge in [0.2, 0.25) is 0 Å². The highest BCUT2D eigenvalue weighted by molar-refractivity contribution is 4.83. The van der Waals surface area contributed by atoms with E-state index >= 15 is 0 Å². The van der Waals surface area contributed by atoms with Gasteiger partial charge in [-0.1, -0.05) is 0 Å². The van der Waals surface area contributed by atoms with Crippen LogP contribution in [-0.4, -0.2) is 35.0 Å². The Morgan fingerprint density at radius 2 is 1.57 bits per heavy atom. The summed E-state index contributed by atoms with van der Waals surface area (Å²) in [5.41, 5.74) is 0. The molecule has 0 aromatic heterocycles. The Hall–Kier alpha value is -0.120. The topological polar surface area (TPSA) is 52.5 Å². The number of hydrogen-bond acceptors (Lipinski definition) is 3. The molecular formula is C11H21NO2. The van der Waals surface area contributed by atoms with E-state index in [-0.39, 0.29) is 12.2 Å². The molecule has 2 aliphatic carbocycles. The van der Waals surface area contributed by atoms with Crippen molar-refractivity contribution >= 4 is 0 Å². The highest BCUT2D eigenvalue weighted by Crippen LogP contribution is 2.27. The van der Waals surface area contributed by atoms with Crippen molar-refractivity contribution in [1.29, 1.82) is 0 Å². The van der Waals surface area contributed by atoms with E-state index in [2.05, 4.69) is 5.32 Å². The molecule has 82 valence electrons. The summed E-state index contributed by atoms with van der Waals surface area (Å²) in [6.07, 6.45) is 5.97. The van der Waals surface area contributed by atoms with Gasteiger partial charge in [-0.25, -0.2) is 0 Å². The minimum absolute atomic E-state index is 0.0324. The number of hydrogen-bond donors (Lipinski definition) is 3. The first kappa shape index (κ1) is 10.4. The van der Waals surface area contributed by atoms with Crippen molar-refractivity contribution in [1.82, 2.24) is 5.32 Å². The largest absolute Gasteiger partial charge is 0.393 e. The Labute approximate surface area is 85.5 Å². The molecule has 0 aromatic rings. The second-order valence-corrected chi connectivity index (χ2v) is 4.90. The fourth-order valence-corrected chi connectivity index (χ4v) is 2.48. The second kappa shape index (κ2) is 4.60. The monoisotopic (exact) mass is 199 g/mol. The molecular weight excluding hydrogens is 178 g/mol. The van der Waals surface area contributed by atoms with Crippen molar-refractivity contribution in [2.45, 2.75) is 56.8 Å². The number of rotatable bonds is 3. The minimum atomic E-state index is -0.0569. The molecule has 2 rings (SSSR count). The zero-order valence-corrected chi connectivity index (χ0v) is 8.65. The van der Waals surface area contributed by atoms with E-state index in [0.717, 1.165) is 45.1 Å². The van der Waals surface area contributed by atoms with Crippen LogP contribution in [0, 0.1) is 5.92 Å². The molecule has 0 heterocycles. The van der Waals surface area contributed by atoms with Crippen LogP contribution >= 0.6 is 0 Å². The summed E-state index contributed by atoms with van der Waals surface area (Å²) in [6, 6.07) is 0.608. The van der Waals surface area contributed by atoms with Crippen LogP contribution in [0.25, 0.3) is 0 Å². The maximum atomic E-state index is 9.34. The third kappa shape index (κ3) is 2.69. The van der Waals surface area contributed by atoms with Gasteiger partial charge in [0.1, 0.15) is 0 Å². The highest BCUT2D eigenvalue weighted by atomic mass is 16.3. The van der Waals surface area contributed by atoms with Crippen LogP contribution in [0.2, 0.25) is 0 Å². The van der Waals surface area contributed by atoms with Gasteiger partial charge in [-0.15, -0.1) is 0 Å². The van der Waals surface area contributed by atoms with Crippen molar-refractivity contribution in [2.75, 3.05) is 6.54 Å². The summed E-state index contributed by atoms with van der Waals surface area (Å²) in [5.74, 6) is 0.692. The van der Waals surface area contributed by atoms with Gasteiger partial charge in [-0.05, 0) is 51.0 Å². The Morgan fingerprint density at radius 1 is 0.929 bits per heavy atom. The van der Waals surface area contributed by atoms with Gasteiger partial charge in [-0.3, -0.25) is 0 Å². The average Bonchev–Trinajstić information content (AvgIpc) is 2.13. The summed E-state index contributed by atoms with van der Waals surface area (Å²) in [6.45, 7) is 1.05. The van der Waals surface area contributed by atoms with Crippen molar-refractivity contribution in [2.24, 2.45) is 5.92 Å². The van der Waals surface area contributed by atoms with Crippen molar-refractivity contribution in [3.63, 3.8) is 0 Å². The first-order valence-corrected chi connectivity index (χ1v) is 5.83. The van der Waals surface area contributed by atoms with Gasteiger partial charge in [0, 0.05) is 6.04 Å². The summed E-state index contributed by atoms with van der Waals surface area (Å²) in [4.78, 5) is 0. The number of nitrogens with one attached hydrogen (secondary N) is 1. The predicted octanol–water partition coefficient (Wildman–Crippen LogP) is 0.650. The lowest BCUT2D eigenvalue weighted by atomic mass is 9.82. The SMILES string of the molecule is OC1CCC(NCC2CC(O)C2)CC1. The molecule has 3 nitrogen and oxygen atoms in total. The minimum Gasteiger partial charge on any atom is -0.393 e. The van der Waals surface area contributed by atoms with Crippen LogP contribution in [0.5, 0.6) is 0 Å². The molecule has 0 bridgehead atoms. The normalized spacial score (nSPS) is 43.3. The molecule has 2 aliphatic rings. The summed E-state index contributed by atoms with van der Waals surface area (Å²) >= 11 is 0. The van der Waals surface area contributed by atoms with E-state index in [9.17, 15) is 5.11 Å². The zero-order chi connectivity index (χ0) is 9.97. The molecule has 0 atom stereocenters. The zero-order valence-electron chi connectivity index (χ0n) is 8.65. The lowest BCUT2D eigenvalue weighted by Gasteiger charge is -2.34. The van der Waals surface area contributed by atoms with Crippen molar-refractivity contribution in [3.05, 3.63) is 0 Å². The fourth-order valence-electron chi connectivity index (χ4n) is 2.48. The van der Waals surface area contributed by atoms with E-state index in [1.165, 1.54) is 0 Å². The molecule has 0 amide bonds. The standard InChI is InChI=1S/C11H21NO2/c13-10-3-1-9(2-4-10)12-7-8-5-11(14)6-8/h8-14H,1-7H2. The summed E-state index contributed by atoms with van der Waals surface area (Å²) in [5, 5.41) is 22.0. The van der Waals surface area contributed by atoms with E-state index in [4.69, 9.17) is 5.11 Å². The second-order valence-electron chi connectivity index (χ2n) is 4.90. The third-order valence-electron chi connectivity index (χ3n) is 3.60. The number of aliphatic hydroxyl groups is 2. The number of aliphatic hydroxyl groups excluding tert-OH is 2. The van der Waals surface area contributed by atoms with Gasteiger partial charge in [-0.2, -0.15) is 0 Å². The quantitative estimate of drug-likeness (QED) is 0.625. The van der Waals surface area contributed by atoms with Crippen LogP contribution in [0.4, 0.5) is 0 Å². The first-order valence-electron chi connectivity index (χ1n) is 5.83. The first-order chi connectivity index (χ1) is 6.74. The fraction of sp³-hybridized carbons (Fsp3) is 1.00. The van der Waals surface area contributed by atoms with E-state index in [0.29, 0.717) is 12.0 Å². The molecule has 0 saturated heterocycles. The maximum absolute atomic E-state index is 9.34. The molecule has 2 fully saturated rings. The lowest BCUT2D eigenvalue weighted by molar-refractivity contribution is 0.0397. The van der Waals surface area contributed by atoms with Crippen LogP contribution in [0.15, 0.2) is 0 Å². The molecule has 0 radical (unpaired) electrons. The summed E-state index contributed by atoms with van der Waals surface area (Å²) < 4.78 is 0. The van der Waals surface area contributed by atoms with Gasteiger partial charge in [0.15, 0.2) is 0 Å². The molecule has 0 spiro atoms. The average molecular weight is 199 g/mol. The van der Waals surface area contributed by atoms with Crippen LogP contribution in [0.3, 0.4) is 0 Å². The van der Waals surface area contributed by atoms with Crippen LogP contribution in [-0.2, 0) is 0 Å². The Balaban J connectivity index is 1.57. The van der Waals surface area contributed by atoms with Gasteiger partial charge in [0.25, 0.3) is 0 Å². The van der Waals surface area contributed by atoms with Crippen LogP contribution < -0.4 is 5.32 Å². The molecule has 0 aliphatic heterocycles. The molecule has 3 heteroatoms. The smallest absolute Gasteiger partial charge is 0.0546 e. The van der Waals surface area contributed by atoms with Gasteiger partial charge < -0.3 is 15.5 Å². The van der Waals surface area contributed by atoms with Crippen LogP contribution in [0.1, 0.15) is 38.5 Å². The maximum Gasteiger partial charge on any atom is 0.0546 e. The molecule has 2 saturated carbocycles. The van der Waals surface area contributed by atoms with Crippen molar-refractivity contribution < 1.29 is 10.2 Å².